The number of nitrogens with one attached hydrogen (secondary N) is 1. The van der Waals surface area contributed by atoms with Crippen LogP contribution in [0.15, 0.2) is 36.7 Å². The van der Waals surface area contributed by atoms with E-state index in [1.54, 1.807) is 0 Å². The molecule has 0 unspecified atom stereocenters. The van der Waals surface area contributed by atoms with Gasteiger partial charge in [-0.3, -0.25) is 0 Å². The molecule has 0 aliphatic heterocycles. The zero-order chi connectivity index (χ0) is 12.3. The number of nitrogens with zero attached hydrogens (tertiary/aromatic N) is 1. The van der Waals surface area contributed by atoms with Crippen LogP contribution in [0.2, 0.25) is 10.0 Å². The summed E-state index contributed by atoms with van der Waals surface area (Å²) in [6, 6.07) is 7.67. The maximum absolute atomic E-state index is 6.14. The molecule has 1 heterocycles. The fourth-order valence-corrected chi connectivity index (χ4v) is 2.28. The van der Waals surface area contributed by atoms with Crippen LogP contribution < -0.4 is 5.32 Å². The average molecular weight is 269 g/mol. The van der Waals surface area contributed by atoms with Gasteiger partial charge in [-0.25, -0.2) is 0 Å². The van der Waals surface area contributed by atoms with Crippen LogP contribution >= 0.6 is 23.2 Å². The fourth-order valence-electron chi connectivity index (χ4n) is 1.76. The molecule has 0 saturated carbocycles. The second kappa shape index (κ2) is 5.58. The highest BCUT2D eigenvalue weighted by Crippen LogP contribution is 2.25. The lowest BCUT2D eigenvalue weighted by atomic mass is 10.2. The molecule has 2 nitrogen and oxygen atoms in total. The Balaban J connectivity index is 2.19. The predicted octanol–water partition coefficient (Wildman–Crippen LogP) is 3.56. The van der Waals surface area contributed by atoms with Gasteiger partial charge in [0, 0.05) is 41.1 Å². The third-order valence-corrected chi connectivity index (χ3v) is 3.30. The molecule has 0 radical (unpaired) electrons. The van der Waals surface area contributed by atoms with E-state index in [-0.39, 0.29) is 0 Å². The summed E-state index contributed by atoms with van der Waals surface area (Å²) in [5.41, 5.74) is 2.21. The molecule has 4 heteroatoms. The van der Waals surface area contributed by atoms with Crippen molar-refractivity contribution < 1.29 is 0 Å². The molecular weight excluding hydrogens is 255 g/mol. The molecule has 0 bridgehead atoms. The van der Waals surface area contributed by atoms with Gasteiger partial charge in [-0.1, -0.05) is 29.3 Å². The van der Waals surface area contributed by atoms with Crippen molar-refractivity contribution in [3.8, 4) is 0 Å². The van der Waals surface area contributed by atoms with Crippen molar-refractivity contribution in [3.63, 3.8) is 0 Å². The molecule has 0 aliphatic rings. The maximum Gasteiger partial charge on any atom is 0.0499 e. The molecule has 0 spiro atoms. The molecule has 0 fully saturated rings. The minimum Gasteiger partial charge on any atom is -0.349 e. The number of benzene rings is 1. The highest BCUT2D eigenvalue weighted by atomic mass is 35.5. The van der Waals surface area contributed by atoms with Crippen molar-refractivity contribution in [2.45, 2.75) is 13.1 Å². The Labute approximate surface area is 111 Å². The smallest absolute Gasteiger partial charge is 0.0499 e. The summed E-state index contributed by atoms with van der Waals surface area (Å²) in [5.74, 6) is 0. The molecule has 0 aliphatic carbocycles. The molecular formula is C13H14Cl2N2. The lowest BCUT2D eigenvalue weighted by Gasteiger charge is -2.07. The largest absolute Gasteiger partial charge is 0.349 e. The quantitative estimate of drug-likeness (QED) is 0.898. The van der Waals surface area contributed by atoms with E-state index in [2.05, 4.69) is 22.1 Å². The first-order valence-electron chi connectivity index (χ1n) is 5.43. The average Bonchev–Trinajstić information content (AvgIpc) is 2.72. The van der Waals surface area contributed by atoms with Gasteiger partial charge < -0.3 is 9.88 Å². The lowest BCUT2D eigenvalue weighted by Crippen LogP contribution is -2.04. The SMILES string of the molecule is CNCc1ccn(Cc2c(Cl)cccc2Cl)c1. The first-order valence-corrected chi connectivity index (χ1v) is 6.18. The molecule has 0 atom stereocenters. The minimum absolute atomic E-state index is 0.697. The highest BCUT2D eigenvalue weighted by Gasteiger charge is 2.06. The molecule has 2 rings (SSSR count). The monoisotopic (exact) mass is 268 g/mol. The minimum atomic E-state index is 0.697. The topological polar surface area (TPSA) is 17.0 Å². The van der Waals surface area contributed by atoms with Gasteiger partial charge >= 0.3 is 0 Å². The van der Waals surface area contributed by atoms with E-state index < -0.39 is 0 Å². The van der Waals surface area contributed by atoms with Crippen molar-refractivity contribution in [1.82, 2.24) is 9.88 Å². The molecule has 1 aromatic heterocycles. The van der Waals surface area contributed by atoms with E-state index in [9.17, 15) is 0 Å². The van der Waals surface area contributed by atoms with Crippen LogP contribution in [0.5, 0.6) is 0 Å². The number of hydrogen-bond acceptors (Lipinski definition) is 1. The van der Waals surface area contributed by atoms with Crippen molar-refractivity contribution in [2.24, 2.45) is 0 Å². The Morgan fingerprint density at radius 2 is 1.88 bits per heavy atom. The zero-order valence-corrected chi connectivity index (χ0v) is 11.1. The highest BCUT2D eigenvalue weighted by molar-refractivity contribution is 6.35. The van der Waals surface area contributed by atoms with Gasteiger partial charge in [-0.2, -0.15) is 0 Å². The van der Waals surface area contributed by atoms with Crippen LogP contribution in [0.4, 0.5) is 0 Å². The zero-order valence-electron chi connectivity index (χ0n) is 9.58. The van der Waals surface area contributed by atoms with Crippen LogP contribution in [0.1, 0.15) is 11.1 Å². The second-order valence-electron chi connectivity index (χ2n) is 3.92. The summed E-state index contributed by atoms with van der Waals surface area (Å²) >= 11 is 12.3. The van der Waals surface area contributed by atoms with Crippen LogP contribution in [-0.2, 0) is 13.1 Å². The van der Waals surface area contributed by atoms with Crippen LogP contribution in [0, 0.1) is 0 Å². The number of rotatable bonds is 4. The van der Waals surface area contributed by atoms with E-state index in [1.165, 1.54) is 5.56 Å². The van der Waals surface area contributed by atoms with Gasteiger partial charge in [0.25, 0.3) is 0 Å². The molecule has 0 amide bonds. The van der Waals surface area contributed by atoms with Gasteiger partial charge in [0.1, 0.15) is 0 Å². The molecule has 0 saturated heterocycles. The summed E-state index contributed by atoms with van der Waals surface area (Å²) < 4.78 is 2.08. The number of hydrogen-bond donors (Lipinski definition) is 1. The van der Waals surface area contributed by atoms with E-state index in [0.29, 0.717) is 16.6 Å². The summed E-state index contributed by atoms with van der Waals surface area (Å²) in [6.07, 6.45) is 4.13. The normalized spacial score (nSPS) is 10.8. The molecule has 1 aromatic carbocycles. The summed E-state index contributed by atoms with van der Waals surface area (Å²) in [6.45, 7) is 1.56. The second-order valence-corrected chi connectivity index (χ2v) is 4.74. The van der Waals surface area contributed by atoms with Crippen molar-refractivity contribution in [3.05, 3.63) is 57.8 Å². The molecule has 90 valence electrons. The fraction of sp³-hybridized carbons (Fsp3) is 0.231. The molecule has 1 N–H and O–H groups in total. The van der Waals surface area contributed by atoms with E-state index in [1.807, 2.05) is 31.4 Å². The van der Waals surface area contributed by atoms with Gasteiger partial charge in [0.15, 0.2) is 0 Å². The number of aromatic nitrogens is 1. The summed E-state index contributed by atoms with van der Waals surface area (Å²) in [7, 11) is 1.93. The Bertz CT molecular complexity index is 486. The predicted molar refractivity (Wildman–Crippen MR) is 72.8 cm³/mol. The number of halogens is 2. The lowest BCUT2D eigenvalue weighted by molar-refractivity contribution is 0.783. The van der Waals surface area contributed by atoms with Crippen LogP contribution in [0.3, 0.4) is 0 Å². The van der Waals surface area contributed by atoms with Crippen molar-refractivity contribution in [1.29, 1.82) is 0 Å². The van der Waals surface area contributed by atoms with Crippen molar-refractivity contribution in [2.75, 3.05) is 7.05 Å². The van der Waals surface area contributed by atoms with E-state index in [4.69, 9.17) is 23.2 Å². The third-order valence-electron chi connectivity index (χ3n) is 2.60. The summed E-state index contributed by atoms with van der Waals surface area (Å²) in [4.78, 5) is 0. The first-order chi connectivity index (χ1) is 8.20. The molecule has 2 aromatic rings. The van der Waals surface area contributed by atoms with Crippen molar-refractivity contribution >= 4 is 23.2 Å². The van der Waals surface area contributed by atoms with Gasteiger partial charge in [0.05, 0.1) is 0 Å². The summed E-state index contributed by atoms with van der Waals surface area (Å²) in [5, 5.41) is 4.54. The standard InChI is InChI=1S/C13H14Cl2N2/c1-16-7-10-5-6-17(8-10)9-11-12(14)3-2-4-13(11)15/h2-6,8,16H,7,9H2,1H3. The van der Waals surface area contributed by atoms with E-state index >= 15 is 0 Å². The Kier molecular flexibility index (Phi) is 4.11. The Morgan fingerprint density at radius 3 is 2.53 bits per heavy atom. The maximum atomic E-state index is 6.14. The van der Waals surface area contributed by atoms with Crippen LogP contribution in [0.25, 0.3) is 0 Å². The third kappa shape index (κ3) is 3.03. The first kappa shape index (κ1) is 12.5. The molecule has 17 heavy (non-hydrogen) atoms. The Morgan fingerprint density at radius 1 is 1.18 bits per heavy atom. The van der Waals surface area contributed by atoms with Gasteiger partial charge in [-0.15, -0.1) is 0 Å². The van der Waals surface area contributed by atoms with Gasteiger partial charge in [0.2, 0.25) is 0 Å². The van der Waals surface area contributed by atoms with Crippen LogP contribution in [-0.4, -0.2) is 11.6 Å². The van der Waals surface area contributed by atoms with Gasteiger partial charge in [-0.05, 0) is 30.8 Å². The Hall–Kier alpha value is -0.960. The van der Waals surface area contributed by atoms with E-state index in [0.717, 1.165) is 12.1 Å².